The van der Waals surface area contributed by atoms with Crippen LogP contribution in [0.5, 0.6) is 11.5 Å². The van der Waals surface area contributed by atoms with Crippen LogP contribution in [0.15, 0.2) is 36.7 Å². The van der Waals surface area contributed by atoms with Crippen LogP contribution in [0, 0.1) is 6.92 Å². The van der Waals surface area contributed by atoms with E-state index in [1.807, 2.05) is 12.4 Å². The van der Waals surface area contributed by atoms with Crippen LogP contribution < -0.4 is 9.47 Å². The van der Waals surface area contributed by atoms with E-state index in [1.165, 1.54) is 42.4 Å². The van der Waals surface area contributed by atoms with Crippen molar-refractivity contribution < 1.29 is 9.47 Å². The molecule has 4 nitrogen and oxygen atoms in total. The molecule has 0 N–H and O–H groups in total. The van der Waals surface area contributed by atoms with Crippen molar-refractivity contribution in [3.05, 3.63) is 53.3 Å². The van der Waals surface area contributed by atoms with Crippen LogP contribution in [0.25, 0.3) is 0 Å². The Labute approximate surface area is 150 Å². The number of rotatable bonds is 5. The summed E-state index contributed by atoms with van der Waals surface area (Å²) in [5.74, 6) is 1.60. The second kappa shape index (κ2) is 8.34. The number of pyridine rings is 1. The molecule has 3 rings (SSSR count). The van der Waals surface area contributed by atoms with Gasteiger partial charge in [0.05, 0.1) is 14.2 Å². The van der Waals surface area contributed by atoms with Gasteiger partial charge in [0.25, 0.3) is 0 Å². The second-order valence-corrected chi connectivity index (χ2v) is 6.75. The normalized spacial score (nSPS) is 18.6. The van der Waals surface area contributed by atoms with Crippen LogP contribution in [0.4, 0.5) is 0 Å². The zero-order valence-electron chi connectivity index (χ0n) is 15.5. The van der Waals surface area contributed by atoms with E-state index < -0.39 is 0 Å². The summed E-state index contributed by atoms with van der Waals surface area (Å²) in [4.78, 5) is 6.79. The van der Waals surface area contributed by atoms with Crippen LogP contribution in [0.3, 0.4) is 0 Å². The van der Waals surface area contributed by atoms with Crippen molar-refractivity contribution in [1.29, 1.82) is 0 Å². The van der Waals surface area contributed by atoms with Crippen molar-refractivity contribution in [2.24, 2.45) is 0 Å². The molecule has 1 aliphatic rings. The van der Waals surface area contributed by atoms with Gasteiger partial charge in [-0.3, -0.25) is 9.88 Å². The number of aryl methyl sites for hydroxylation is 1. The van der Waals surface area contributed by atoms with Crippen molar-refractivity contribution in [1.82, 2.24) is 9.88 Å². The van der Waals surface area contributed by atoms with Gasteiger partial charge in [-0.2, -0.15) is 0 Å². The van der Waals surface area contributed by atoms with Gasteiger partial charge in [-0.1, -0.05) is 12.8 Å². The highest BCUT2D eigenvalue weighted by Gasteiger charge is 2.23. The molecule has 2 heterocycles. The third-order valence-corrected chi connectivity index (χ3v) is 5.17. The quantitative estimate of drug-likeness (QED) is 0.801. The van der Waals surface area contributed by atoms with Crippen molar-refractivity contribution in [2.75, 3.05) is 20.8 Å². The summed E-state index contributed by atoms with van der Waals surface area (Å²) in [6.45, 7) is 4.20. The Bertz CT molecular complexity index is 688. The zero-order chi connectivity index (χ0) is 17.6. The average molecular weight is 340 g/mol. The molecule has 25 heavy (non-hydrogen) atoms. The van der Waals surface area contributed by atoms with Crippen LogP contribution in [-0.2, 0) is 6.54 Å². The predicted octanol–water partition coefficient (Wildman–Crippen LogP) is 4.52. The van der Waals surface area contributed by atoms with E-state index in [0.29, 0.717) is 6.04 Å². The molecule has 1 aromatic heterocycles. The van der Waals surface area contributed by atoms with Gasteiger partial charge in [-0.05, 0) is 67.3 Å². The topological polar surface area (TPSA) is 34.6 Å². The molecule has 0 radical (unpaired) electrons. The number of ether oxygens (including phenoxy) is 2. The molecule has 1 fully saturated rings. The summed E-state index contributed by atoms with van der Waals surface area (Å²) in [7, 11) is 3.38. The van der Waals surface area contributed by atoms with Gasteiger partial charge < -0.3 is 9.47 Å². The lowest BCUT2D eigenvalue weighted by molar-refractivity contribution is 0.191. The first-order valence-corrected chi connectivity index (χ1v) is 9.08. The largest absolute Gasteiger partial charge is 0.493 e. The van der Waals surface area contributed by atoms with E-state index in [9.17, 15) is 0 Å². The fourth-order valence-electron chi connectivity index (χ4n) is 3.73. The smallest absolute Gasteiger partial charge is 0.161 e. The summed E-state index contributed by atoms with van der Waals surface area (Å²) in [5, 5.41) is 0. The molecule has 4 heteroatoms. The van der Waals surface area contributed by atoms with Gasteiger partial charge in [-0.15, -0.1) is 0 Å². The maximum atomic E-state index is 5.51. The summed E-state index contributed by atoms with van der Waals surface area (Å²) in [5.41, 5.74) is 3.92. The number of benzene rings is 1. The molecular weight excluding hydrogens is 312 g/mol. The number of hydrogen-bond acceptors (Lipinski definition) is 4. The van der Waals surface area contributed by atoms with Crippen molar-refractivity contribution in [2.45, 2.75) is 45.2 Å². The van der Waals surface area contributed by atoms with E-state index in [-0.39, 0.29) is 0 Å². The zero-order valence-corrected chi connectivity index (χ0v) is 15.5. The number of aromatic nitrogens is 1. The number of methoxy groups -OCH3 is 2. The minimum Gasteiger partial charge on any atom is -0.493 e. The SMILES string of the molecule is COc1cc(C)c(CN2CCCCCC2c2ccncc2)cc1OC. The maximum absolute atomic E-state index is 5.51. The van der Waals surface area contributed by atoms with E-state index >= 15 is 0 Å². The molecular formula is C21H28N2O2. The molecule has 1 aromatic carbocycles. The van der Waals surface area contributed by atoms with Gasteiger partial charge in [0.1, 0.15) is 0 Å². The summed E-state index contributed by atoms with van der Waals surface area (Å²) < 4.78 is 10.9. The number of likely N-dealkylation sites (tertiary alicyclic amines) is 1. The lowest BCUT2D eigenvalue weighted by Crippen LogP contribution is -2.28. The first-order valence-electron chi connectivity index (χ1n) is 9.08. The van der Waals surface area contributed by atoms with Crippen molar-refractivity contribution in [3.8, 4) is 11.5 Å². The highest BCUT2D eigenvalue weighted by Crippen LogP contribution is 2.34. The minimum absolute atomic E-state index is 0.456. The number of nitrogens with zero attached hydrogens (tertiary/aromatic N) is 2. The minimum atomic E-state index is 0.456. The fourth-order valence-corrected chi connectivity index (χ4v) is 3.73. The highest BCUT2D eigenvalue weighted by atomic mass is 16.5. The first-order chi connectivity index (χ1) is 12.2. The van der Waals surface area contributed by atoms with Crippen LogP contribution in [0.1, 0.15) is 48.4 Å². The van der Waals surface area contributed by atoms with E-state index in [4.69, 9.17) is 9.47 Å². The maximum Gasteiger partial charge on any atom is 0.161 e. The molecule has 0 aliphatic carbocycles. The molecule has 0 amide bonds. The fraction of sp³-hybridized carbons (Fsp3) is 0.476. The monoisotopic (exact) mass is 340 g/mol. The third-order valence-electron chi connectivity index (χ3n) is 5.17. The predicted molar refractivity (Wildman–Crippen MR) is 100 cm³/mol. The molecule has 134 valence electrons. The highest BCUT2D eigenvalue weighted by molar-refractivity contribution is 5.47. The average Bonchev–Trinajstić information content (AvgIpc) is 2.89. The van der Waals surface area contributed by atoms with Crippen molar-refractivity contribution in [3.63, 3.8) is 0 Å². The van der Waals surface area contributed by atoms with Gasteiger partial charge in [0, 0.05) is 25.0 Å². The number of hydrogen-bond donors (Lipinski definition) is 0. The molecule has 0 bridgehead atoms. The molecule has 0 saturated carbocycles. The van der Waals surface area contributed by atoms with Crippen LogP contribution in [0.2, 0.25) is 0 Å². The molecule has 1 unspecified atom stereocenters. The van der Waals surface area contributed by atoms with E-state index in [0.717, 1.165) is 24.6 Å². The Morgan fingerprint density at radius 1 is 1.04 bits per heavy atom. The van der Waals surface area contributed by atoms with E-state index in [2.05, 4.69) is 41.1 Å². The second-order valence-electron chi connectivity index (χ2n) is 6.75. The Morgan fingerprint density at radius 2 is 1.76 bits per heavy atom. The molecule has 1 atom stereocenters. The third kappa shape index (κ3) is 4.13. The molecule has 0 spiro atoms. The van der Waals surface area contributed by atoms with Crippen molar-refractivity contribution >= 4 is 0 Å². The Morgan fingerprint density at radius 3 is 2.48 bits per heavy atom. The Kier molecular flexibility index (Phi) is 5.92. The standard InChI is InChI=1S/C21H28N2O2/c1-16-13-20(24-2)21(25-3)14-18(16)15-23-12-6-4-5-7-19(23)17-8-10-22-11-9-17/h8-11,13-14,19H,4-7,12,15H2,1-3H3. The van der Waals surface area contributed by atoms with Gasteiger partial charge in [0.2, 0.25) is 0 Å². The Hall–Kier alpha value is -2.07. The lowest BCUT2D eigenvalue weighted by atomic mass is 10.0. The van der Waals surface area contributed by atoms with Crippen LogP contribution >= 0.6 is 0 Å². The molecule has 2 aromatic rings. The Balaban J connectivity index is 1.88. The van der Waals surface area contributed by atoms with Gasteiger partial charge in [-0.25, -0.2) is 0 Å². The van der Waals surface area contributed by atoms with Gasteiger partial charge >= 0.3 is 0 Å². The van der Waals surface area contributed by atoms with Gasteiger partial charge in [0.15, 0.2) is 11.5 Å². The van der Waals surface area contributed by atoms with E-state index in [1.54, 1.807) is 14.2 Å². The first kappa shape index (κ1) is 17.7. The summed E-state index contributed by atoms with van der Waals surface area (Å²) in [6.07, 6.45) is 8.86. The summed E-state index contributed by atoms with van der Waals surface area (Å²) >= 11 is 0. The van der Waals surface area contributed by atoms with Crippen LogP contribution in [-0.4, -0.2) is 30.6 Å². The molecule has 1 aliphatic heterocycles. The molecule has 1 saturated heterocycles. The lowest BCUT2D eigenvalue weighted by Gasteiger charge is -2.31. The summed E-state index contributed by atoms with van der Waals surface area (Å²) in [6, 6.07) is 8.98.